The molecule has 0 radical (unpaired) electrons. The molecule has 0 spiro atoms. The van der Waals surface area contributed by atoms with Gasteiger partial charge < -0.3 is 21.1 Å². The van der Waals surface area contributed by atoms with Gasteiger partial charge in [0, 0.05) is 31.4 Å². The summed E-state index contributed by atoms with van der Waals surface area (Å²) in [6.07, 6.45) is 2.24. The predicted octanol–water partition coefficient (Wildman–Crippen LogP) is 1.97. The number of nitrogens with zero attached hydrogens (tertiary/aromatic N) is 1. The fourth-order valence-corrected chi connectivity index (χ4v) is 3.68. The van der Waals surface area contributed by atoms with Gasteiger partial charge in [0.1, 0.15) is 0 Å². The fraction of sp³-hybridized carbons (Fsp3) is 0.600. The Hall–Kier alpha value is -2.12. The minimum Gasteiger partial charge on any atom is -0.379 e. The van der Waals surface area contributed by atoms with E-state index in [9.17, 15) is 9.59 Å². The van der Waals surface area contributed by atoms with Gasteiger partial charge in [-0.15, -0.1) is 0 Å². The second kappa shape index (κ2) is 10.9. The van der Waals surface area contributed by atoms with Gasteiger partial charge in [-0.05, 0) is 17.5 Å². The molecule has 27 heavy (non-hydrogen) atoms. The molecule has 1 aromatic carbocycles. The van der Waals surface area contributed by atoms with Crippen molar-refractivity contribution in [1.82, 2.24) is 10.2 Å². The molecule has 7 nitrogen and oxygen atoms in total. The lowest BCUT2D eigenvalue weighted by molar-refractivity contribution is -0.117. The van der Waals surface area contributed by atoms with E-state index in [2.05, 4.69) is 29.4 Å². The van der Waals surface area contributed by atoms with E-state index < -0.39 is 5.91 Å². The van der Waals surface area contributed by atoms with Gasteiger partial charge in [-0.25, -0.2) is 4.79 Å². The summed E-state index contributed by atoms with van der Waals surface area (Å²) >= 11 is 0. The highest BCUT2D eigenvalue weighted by molar-refractivity contribution is 5.91. The van der Waals surface area contributed by atoms with Crippen molar-refractivity contribution in [3.8, 4) is 0 Å². The number of benzene rings is 1. The zero-order valence-corrected chi connectivity index (χ0v) is 16.4. The molecule has 0 saturated carbocycles. The molecule has 1 unspecified atom stereocenters. The molecule has 0 aromatic heterocycles. The Bertz CT molecular complexity index is 613. The number of nitrogens with one attached hydrogen (secondary N) is 2. The lowest BCUT2D eigenvalue weighted by Crippen LogP contribution is -2.52. The Morgan fingerprint density at radius 2 is 1.85 bits per heavy atom. The minimum absolute atomic E-state index is 0.0978. The van der Waals surface area contributed by atoms with Crippen LogP contribution in [0.15, 0.2) is 24.3 Å². The number of carbonyl (C=O) groups excluding carboxylic acids is 2. The minimum atomic E-state index is -0.425. The lowest BCUT2D eigenvalue weighted by Gasteiger charge is -2.38. The number of ether oxygens (including phenoxy) is 1. The van der Waals surface area contributed by atoms with Gasteiger partial charge in [0.15, 0.2) is 0 Å². The predicted molar refractivity (Wildman–Crippen MR) is 107 cm³/mol. The van der Waals surface area contributed by atoms with Gasteiger partial charge >= 0.3 is 6.03 Å². The third-order valence-electron chi connectivity index (χ3n) is 5.21. The number of anilines is 1. The van der Waals surface area contributed by atoms with Gasteiger partial charge in [0.2, 0.25) is 5.91 Å². The number of carbonyl (C=O) groups is 2. The van der Waals surface area contributed by atoms with E-state index in [0.717, 1.165) is 39.1 Å². The Kier molecular flexibility index (Phi) is 8.54. The van der Waals surface area contributed by atoms with Crippen LogP contribution in [0.25, 0.3) is 0 Å². The number of primary amides is 1. The summed E-state index contributed by atoms with van der Waals surface area (Å²) < 4.78 is 5.47. The Balaban J connectivity index is 1.98. The third kappa shape index (κ3) is 6.52. The monoisotopic (exact) mass is 376 g/mol. The molecule has 1 atom stereocenters. The van der Waals surface area contributed by atoms with Crippen molar-refractivity contribution in [1.29, 1.82) is 0 Å². The summed E-state index contributed by atoms with van der Waals surface area (Å²) in [5.74, 6) is 0.0938. The summed E-state index contributed by atoms with van der Waals surface area (Å²) in [7, 11) is 0. The van der Waals surface area contributed by atoms with Crippen molar-refractivity contribution in [2.75, 3.05) is 38.2 Å². The van der Waals surface area contributed by atoms with Crippen LogP contribution < -0.4 is 16.4 Å². The molecule has 1 aliphatic rings. The summed E-state index contributed by atoms with van der Waals surface area (Å²) in [6.45, 7) is 8.24. The summed E-state index contributed by atoms with van der Waals surface area (Å²) in [6, 6.07) is 7.23. The number of para-hydroxylation sites is 1. The number of urea groups is 1. The third-order valence-corrected chi connectivity index (χ3v) is 5.21. The van der Waals surface area contributed by atoms with Crippen molar-refractivity contribution in [3.05, 3.63) is 29.8 Å². The van der Waals surface area contributed by atoms with E-state index in [4.69, 9.17) is 10.5 Å². The Morgan fingerprint density at radius 3 is 2.48 bits per heavy atom. The van der Waals surface area contributed by atoms with E-state index in [-0.39, 0.29) is 18.5 Å². The van der Waals surface area contributed by atoms with Crippen LogP contribution in [0.1, 0.15) is 32.3 Å². The van der Waals surface area contributed by atoms with E-state index >= 15 is 0 Å². The maximum Gasteiger partial charge on any atom is 0.319 e. The standard InChI is InChI=1S/C20H32N4O3/c1-3-15(4-2)18(24-9-11-27-12-10-24)14-22-20(26)23-17-8-6-5-7-16(17)13-19(21)25/h5-8,15,18H,3-4,9-14H2,1-2H3,(H2,21,25)(H2,22,23,26). The summed E-state index contributed by atoms with van der Waals surface area (Å²) in [5, 5.41) is 5.86. The number of morpholine rings is 1. The topological polar surface area (TPSA) is 96.7 Å². The second-order valence-corrected chi connectivity index (χ2v) is 6.93. The van der Waals surface area contributed by atoms with Crippen molar-refractivity contribution in [3.63, 3.8) is 0 Å². The maximum absolute atomic E-state index is 12.5. The van der Waals surface area contributed by atoms with Gasteiger partial charge in [-0.1, -0.05) is 44.9 Å². The molecule has 150 valence electrons. The fourth-order valence-electron chi connectivity index (χ4n) is 3.68. The summed E-state index contributed by atoms with van der Waals surface area (Å²) in [4.78, 5) is 26.1. The molecule has 7 heteroatoms. The Morgan fingerprint density at radius 1 is 1.19 bits per heavy atom. The lowest BCUT2D eigenvalue weighted by atomic mass is 9.92. The second-order valence-electron chi connectivity index (χ2n) is 6.93. The first-order chi connectivity index (χ1) is 13.0. The van der Waals surface area contributed by atoms with Crippen LogP contribution in [-0.2, 0) is 16.0 Å². The van der Waals surface area contributed by atoms with E-state index in [0.29, 0.717) is 23.7 Å². The first-order valence-corrected chi connectivity index (χ1v) is 9.78. The van der Waals surface area contributed by atoms with Gasteiger partial charge in [-0.3, -0.25) is 9.69 Å². The molecule has 1 saturated heterocycles. The first-order valence-electron chi connectivity index (χ1n) is 9.78. The molecule has 4 N–H and O–H groups in total. The van der Waals surface area contributed by atoms with Crippen LogP contribution in [0.2, 0.25) is 0 Å². The zero-order chi connectivity index (χ0) is 19.6. The normalized spacial score (nSPS) is 16.1. The molecule has 2 rings (SSSR count). The van der Waals surface area contributed by atoms with Crippen LogP contribution in [0.4, 0.5) is 10.5 Å². The van der Waals surface area contributed by atoms with Crippen LogP contribution in [0.5, 0.6) is 0 Å². The van der Waals surface area contributed by atoms with Crippen LogP contribution >= 0.6 is 0 Å². The largest absolute Gasteiger partial charge is 0.379 e. The van der Waals surface area contributed by atoms with E-state index in [1.54, 1.807) is 12.1 Å². The maximum atomic E-state index is 12.5. The van der Waals surface area contributed by atoms with Crippen molar-refractivity contribution in [2.24, 2.45) is 11.7 Å². The van der Waals surface area contributed by atoms with Crippen LogP contribution in [-0.4, -0.2) is 55.7 Å². The molecule has 1 aliphatic heterocycles. The highest BCUT2D eigenvalue weighted by Crippen LogP contribution is 2.20. The molecular formula is C20H32N4O3. The average molecular weight is 377 g/mol. The number of amides is 3. The Labute approximate surface area is 161 Å². The zero-order valence-electron chi connectivity index (χ0n) is 16.4. The van der Waals surface area contributed by atoms with Crippen molar-refractivity contribution < 1.29 is 14.3 Å². The molecule has 1 aromatic rings. The SMILES string of the molecule is CCC(CC)C(CNC(=O)Nc1ccccc1CC(N)=O)N1CCOCC1. The van der Waals surface area contributed by atoms with E-state index in [1.165, 1.54) is 0 Å². The molecule has 0 bridgehead atoms. The molecule has 3 amide bonds. The average Bonchev–Trinajstić information content (AvgIpc) is 2.67. The van der Waals surface area contributed by atoms with Gasteiger partial charge in [0.25, 0.3) is 0 Å². The smallest absolute Gasteiger partial charge is 0.319 e. The molecule has 1 fully saturated rings. The first kappa shape index (κ1) is 21.2. The summed E-state index contributed by atoms with van der Waals surface area (Å²) in [5.41, 5.74) is 6.61. The quantitative estimate of drug-likeness (QED) is 0.614. The number of hydrogen-bond acceptors (Lipinski definition) is 4. The van der Waals surface area contributed by atoms with Gasteiger partial charge in [0.05, 0.1) is 19.6 Å². The highest BCUT2D eigenvalue weighted by atomic mass is 16.5. The van der Waals surface area contributed by atoms with E-state index in [1.807, 2.05) is 12.1 Å². The highest BCUT2D eigenvalue weighted by Gasteiger charge is 2.27. The van der Waals surface area contributed by atoms with Crippen LogP contribution in [0, 0.1) is 5.92 Å². The molecular weight excluding hydrogens is 344 g/mol. The number of hydrogen-bond donors (Lipinski definition) is 3. The van der Waals surface area contributed by atoms with Crippen molar-refractivity contribution >= 4 is 17.6 Å². The number of nitrogens with two attached hydrogens (primary N) is 1. The van der Waals surface area contributed by atoms with Crippen molar-refractivity contribution in [2.45, 2.75) is 39.2 Å². The molecule has 1 heterocycles. The van der Waals surface area contributed by atoms with Gasteiger partial charge in [-0.2, -0.15) is 0 Å². The molecule has 0 aliphatic carbocycles. The van der Waals surface area contributed by atoms with Crippen LogP contribution in [0.3, 0.4) is 0 Å². The number of rotatable bonds is 9.